The third kappa shape index (κ3) is 5.95. The Bertz CT molecular complexity index is 1900. The van der Waals surface area contributed by atoms with E-state index in [1.54, 1.807) is 0 Å². The van der Waals surface area contributed by atoms with Gasteiger partial charge in [-0.15, -0.1) is 0 Å². The molecule has 1 nitrogen and oxygen atoms in total. The predicted octanol–water partition coefficient (Wildman–Crippen LogP) is 11.7. The highest BCUT2D eigenvalue weighted by Crippen LogP contribution is 2.36. The molecule has 0 heterocycles. The summed E-state index contributed by atoms with van der Waals surface area (Å²) in [6, 6.07) is 65.0. The molecular weight excluding hydrogens is 530 g/mol. The first kappa shape index (κ1) is 27.2. The highest BCUT2D eigenvalue weighted by atomic mass is 15.1. The van der Waals surface area contributed by atoms with Gasteiger partial charge in [-0.3, -0.25) is 0 Å². The lowest BCUT2D eigenvalue weighted by Crippen LogP contribution is -2.09. The Kier molecular flexibility index (Phi) is 7.84. The van der Waals surface area contributed by atoms with Gasteiger partial charge in [0.2, 0.25) is 0 Å². The summed E-state index contributed by atoms with van der Waals surface area (Å²) in [6.07, 6.45) is 4.40. The van der Waals surface area contributed by atoms with Crippen molar-refractivity contribution in [3.63, 3.8) is 0 Å². The average molecular weight is 564 g/mol. The van der Waals surface area contributed by atoms with E-state index in [9.17, 15) is 0 Å². The molecule has 210 valence electrons. The van der Waals surface area contributed by atoms with E-state index in [-0.39, 0.29) is 5.92 Å². The molecule has 1 heteroatoms. The lowest BCUT2D eigenvalue weighted by atomic mass is 9.85. The highest BCUT2D eigenvalue weighted by Gasteiger charge is 2.16. The molecule has 0 aliphatic carbocycles. The molecule has 0 spiro atoms. The molecule has 0 radical (unpaired) electrons. The Morgan fingerprint density at radius 1 is 0.341 bits per heavy atom. The third-order valence-corrected chi connectivity index (χ3v) is 8.14. The van der Waals surface area contributed by atoms with Crippen LogP contribution in [-0.2, 0) is 0 Å². The number of fused-ring (bicyclic) bond motifs is 1. The van der Waals surface area contributed by atoms with Crippen LogP contribution in [0.3, 0.4) is 0 Å². The normalized spacial score (nSPS) is 11.3. The maximum absolute atomic E-state index is 2.30. The number of hydrogen-bond donors (Lipinski definition) is 0. The number of nitrogens with zero attached hydrogens (tertiary/aromatic N) is 1. The van der Waals surface area contributed by atoms with Gasteiger partial charge < -0.3 is 4.90 Å². The smallest absolute Gasteiger partial charge is 0.0468 e. The van der Waals surface area contributed by atoms with Crippen LogP contribution in [0.15, 0.2) is 182 Å². The third-order valence-electron chi connectivity index (χ3n) is 8.14. The quantitative estimate of drug-likeness (QED) is 0.131. The van der Waals surface area contributed by atoms with Crippen molar-refractivity contribution in [3.8, 4) is 0 Å². The first-order valence-electron chi connectivity index (χ1n) is 15.1. The van der Waals surface area contributed by atoms with Gasteiger partial charge in [-0.1, -0.05) is 152 Å². The molecule has 0 amide bonds. The van der Waals surface area contributed by atoms with Crippen LogP contribution < -0.4 is 4.90 Å². The predicted molar refractivity (Wildman–Crippen MR) is 188 cm³/mol. The van der Waals surface area contributed by atoms with E-state index in [2.05, 4.69) is 199 Å². The number of para-hydroxylation sites is 2. The molecule has 0 atom stereocenters. The first-order chi connectivity index (χ1) is 21.8. The molecule has 0 saturated heterocycles. The molecular formula is C43H33N. The molecule has 0 aromatic heterocycles. The summed E-state index contributed by atoms with van der Waals surface area (Å²) >= 11 is 0. The summed E-state index contributed by atoms with van der Waals surface area (Å²) < 4.78 is 0. The van der Waals surface area contributed by atoms with Crippen molar-refractivity contribution in [2.75, 3.05) is 4.90 Å². The van der Waals surface area contributed by atoms with Crippen molar-refractivity contribution < 1.29 is 0 Å². The molecule has 0 saturated carbocycles. The van der Waals surface area contributed by atoms with Crippen LogP contribution >= 0.6 is 0 Å². The first-order valence-corrected chi connectivity index (χ1v) is 15.1. The minimum absolute atomic E-state index is 0.209. The van der Waals surface area contributed by atoms with Crippen LogP contribution in [0.25, 0.3) is 22.9 Å². The van der Waals surface area contributed by atoms with Crippen molar-refractivity contribution in [3.05, 3.63) is 210 Å². The van der Waals surface area contributed by atoms with E-state index in [0.717, 1.165) is 17.1 Å². The van der Waals surface area contributed by atoms with E-state index in [4.69, 9.17) is 0 Å². The van der Waals surface area contributed by atoms with Gasteiger partial charge in [0, 0.05) is 23.0 Å². The molecule has 44 heavy (non-hydrogen) atoms. The summed E-state index contributed by atoms with van der Waals surface area (Å²) in [4.78, 5) is 2.30. The summed E-state index contributed by atoms with van der Waals surface area (Å²) in [5, 5.41) is 2.44. The van der Waals surface area contributed by atoms with Crippen molar-refractivity contribution in [2.24, 2.45) is 0 Å². The fourth-order valence-corrected chi connectivity index (χ4v) is 5.96. The Labute approximate surface area is 260 Å². The van der Waals surface area contributed by atoms with Crippen molar-refractivity contribution in [2.45, 2.75) is 5.92 Å². The van der Waals surface area contributed by atoms with E-state index >= 15 is 0 Å². The van der Waals surface area contributed by atoms with Crippen LogP contribution in [0, 0.1) is 0 Å². The summed E-state index contributed by atoms with van der Waals surface area (Å²) in [7, 11) is 0. The number of rotatable bonds is 8. The van der Waals surface area contributed by atoms with Gasteiger partial charge in [0.1, 0.15) is 0 Å². The fraction of sp³-hybridized carbons (Fsp3) is 0.0233. The van der Waals surface area contributed by atoms with E-state index < -0.39 is 0 Å². The Balaban J connectivity index is 1.14. The van der Waals surface area contributed by atoms with E-state index in [1.807, 2.05) is 0 Å². The zero-order chi connectivity index (χ0) is 29.6. The molecule has 0 fully saturated rings. The number of benzene rings is 7. The second kappa shape index (κ2) is 12.7. The van der Waals surface area contributed by atoms with Gasteiger partial charge in [-0.05, 0) is 81.1 Å². The zero-order valence-corrected chi connectivity index (χ0v) is 24.5. The van der Waals surface area contributed by atoms with E-state index in [0.29, 0.717) is 0 Å². The Morgan fingerprint density at radius 2 is 0.773 bits per heavy atom. The highest BCUT2D eigenvalue weighted by molar-refractivity contribution is 5.91. The number of anilines is 3. The SMILES string of the molecule is C(=C\c1ccc2cc(N(c3ccccc3)c3ccccc3)ccc2c1)/c1ccc(C(c2ccccc2)c2ccccc2)cc1. The second-order valence-corrected chi connectivity index (χ2v) is 11.1. The van der Waals surface area contributed by atoms with Crippen LogP contribution in [0.2, 0.25) is 0 Å². The maximum atomic E-state index is 2.30. The zero-order valence-electron chi connectivity index (χ0n) is 24.5. The minimum Gasteiger partial charge on any atom is -0.310 e. The Hall–Kier alpha value is -5.66. The number of hydrogen-bond acceptors (Lipinski definition) is 1. The summed E-state index contributed by atoms with van der Waals surface area (Å²) in [6.45, 7) is 0. The molecule has 0 aliphatic rings. The summed E-state index contributed by atoms with van der Waals surface area (Å²) in [5.74, 6) is 0.209. The van der Waals surface area contributed by atoms with Gasteiger partial charge in [0.05, 0.1) is 0 Å². The topological polar surface area (TPSA) is 3.24 Å². The molecule has 0 unspecified atom stereocenters. The van der Waals surface area contributed by atoms with E-state index in [1.165, 1.54) is 38.6 Å². The van der Waals surface area contributed by atoms with Crippen molar-refractivity contribution in [1.82, 2.24) is 0 Å². The van der Waals surface area contributed by atoms with Gasteiger partial charge >= 0.3 is 0 Å². The molecule has 7 rings (SSSR count). The second-order valence-electron chi connectivity index (χ2n) is 11.1. The van der Waals surface area contributed by atoms with Crippen molar-refractivity contribution >= 4 is 40.0 Å². The lowest BCUT2D eigenvalue weighted by Gasteiger charge is -2.25. The van der Waals surface area contributed by atoms with Crippen molar-refractivity contribution in [1.29, 1.82) is 0 Å². The standard InChI is InChI=1S/C43H33N/c1-5-13-35(14-6-1)43(36-15-7-2-8-16-36)37-26-23-33(24-27-37)21-22-34-25-28-39-32-42(30-29-38(39)31-34)44(40-17-9-3-10-18-40)41-19-11-4-12-20-41/h1-32,43H/b22-21+. The maximum Gasteiger partial charge on any atom is 0.0468 e. The van der Waals surface area contributed by atoms with Crippen LogP contribution in [0.1, 0.15) is 33.7 Å². The average Bonchev–Trinajstić information content (AvgIpc) is 3.10. The summed E-state index contributed by atoms with van der Waals surface area (Å²) in [5.41, 5.74) is 9.69. The fourth-order valence-electron chi connectivity index (χ4n) is 5.96. The molecule has 7 aromatic carbocycles. The Morgan fingerprint density at radius 3 is 1.34 bits per heavy atom. The molecule has 7 aromatic rings. The minimum atomic E-state index is 0.209. The van der Waals surface area contributed by atoms with Crippen LogP contribution in [-0.4, -0.2) is 0 Å². The van der Waals surface area contributed by atoms with Gasteiger partial charge in [0.25, 0.3) is 0 Å². The molecule has 0 bridgehead atoms. The van der Waals surface area contributed by atoms with Gasteiger partial charge in [0.15, 0.2) is 0 Å². The monoisotopic (exact) mass is 563 g/mol. The van der Waals surface area contributed by atoms with Gasteiger partial charge in [-0.2, -0.15) is 0 Å². The van der Waals surface area contributed by atoms with Gasteiger partial charge in [-0.25, -0.2) is 0 Å². The van der Waals surface area contributed by atoms with Crippen LogP contribution in [0.5, 0.6) is 0 Å². The molecule has 0 N–H and O–H groups in total. The molecule has 0 aliphatic heterocycles. The lowest BCUT2D eigenvalue weighted by molar-refractivity contribution is 0.977. The largest absolute Gasteiger partial charge is 0.310 e. The van der Waals surface area contributed by atoms with Crippen LogP contribution in [0.4, 0.5) is 17.1 Å².